The highest BCUT2D eigenvalue weighted by Crippen LogP contribution is 2.22. The number of halogens is 1. The number of nitrogens with zero attached hydrogens (tertiary/aromatic N) is 4. The summed E-state index contributed by atoms with van der Waals surface area (Å²) < 4.78 is 0. The number of amides is 1. The van der Waals surface area contributed by atoms with Crippen molar-refractivity contribution in [1.82, 2.24) is 19.7 Å². The van der Waals surface area contributed by atoms with Gasteiger partial charge in [0.1, 0.15) is 5.15 Å². The fourth-order valence-electron chi connectivity index (χ4n) is 2.93. The van der Waals surface area contributed by atoms with Crippen molar-refractivity contribution in [3.63, 3.8) is 0 Å². The number of carbonyl (C=O) groups excluding carboxylic acids is 1. The molecule has 0 bridgehead atoms. The topological polar surface area (TPSA) is 39.7 Å². The van der Waals surface area contributed by atoms with Gasteiger partial charge >= 0.3 is 0 Å². The zero-order chi connectivity index (χ0) is 17.1. The average Bonchev–Trinajstić information content (AvgIpc) is 2.57. The van der Waals surface area contributed by atoms with E-state index in [0.717, 1.165) is 49.2 Å². The van der Waals surface area contributed by atoms with Crippen molar-refractivity contribution in [1.29, 1.82) is 0 Å². The number of likely N-dealkylation sites (N-methyl/N-ethyl adjacent to an activating group) is 1. The van der Waals surface area contributed by atoms with Crippen LogP contribution in [0.15, 0.2) is 30.3 Å². The number of aromatic nitrogens is 1. The fourth-order valence-corrected chi connectivity index (χ4v) is 3.13. The van der Waals surface area contributed by atoms with Crippen LogP contribution in [0.25, 0.3) is 10.9 Å². The summed E-state index contributed by atoms with van der Waals surface area (Å²) in [6.45, 7) is 4.97. The third kappa shape index (κ3) is 4.04. The second-order valence-electron chi connectivity index (χ2n) is 6.47. The number of para-hydroxylation sites is 1. The SMILES string of the molecule is CN(C)C(=O)CN1CCN(Cc2cc3ccccc3nc2Cl)CC1. The summed E-state index contributed by atoms with van der Waals surface area (Å²) in [5.74, 6) is 0.158. The molecule has 1 saturated heterocycles. The van der Waals surface area contributed by atoms with Gasteiger partial charge < -0.3 is 4.90 Å². The van der Waals surface area contributed by atoms with E-state index in [1.165, 1.54) is 0 Å². The molecular weight excluding hydrogens is 324 g/mol. The Kier molecular flexibility index (Phi) is 5.33. The monoisotopic (exact) mass is 346 g/mol. The van der Waals surface area contributed by atoms with Crippen molar-refractivity contribution >= 4 is 28.4 Å². The zero-order valence-corrected chi connectivity index (χ0v) is 15.0. The second-order valence-corrected chi connectivity index (χ2v) is 6.83. The van der Waals surface area contributed by atoms with Gasteiger partial charge in [-0.25, -0.2) is 4.98 Å². The van der Waals surface area contributed by atoms with E-state index >= 15 is 0 Å². The van der Waals surface area contributed by atoms with Crippen LogP contribution in [0.5, 0.6) is 0 Å². The molecule has 3 rings (SSSR count). The average molecular weight is 347 g/mol. The molecule has 128 valence electrons. The Morgan fingerprint density at radius 1 is 1.17 bits per heavy atom. The van der Waals surface area contributed by atoms with Crippen LogP contribution in [0.1, 0.15) is 5.56 Å². The van der Waals surface area contributed by atoms with Gasteiger partial charge in [-0.1, -0.05) is 29.8 Å². The van der Waals surface area contributed by atoms with Gasteiger partial charge in [-0.05, 0) is 12.1 Å². The normalized spacial score (nSPS) is 16.5. The van der Waals surface area contributed by atoms with E-state index < -0.39 is 0 Å². The standard InChI is InChI=1S/C18H23ClN4O/c1-21(2)17(24)13-23-9-7-22(8-10-23)12-15-11-14-5-3-4-6-16(14)20-18(15)19/h3-6,11H,7-10,12-13H2,1-2H3. The molecule has 1 amide bonds. The molecule has 2 heterocycles. The van der Waals surface area contributed by atoms with Gasteiger partial charge in [0.15, 0.2) is 0 Å². The van der Waals surface area contributed by atoms with Crippen molar-refractivity contribution in [2.45, 2.75) is 6.54 Å². The summed E-state index contributed by atoms with van der Waals surface area (Å²) >= 11 is 6.36. The lowest BCUT2D eigenvalue weighted by molar-refractivity contribution is -0.130. The van der Waals surface area contributed by atoms with Crippen molar-refractivity contribution in [3.8, 4) is 0 Å². The predicted octanol–water partition coefficient (Wildman–Crippen LogP) is 2.09. The Morgan fingerprint density at radius 2 is 1.83 bits per heavy atom. The van der Waals surface area contributed by atoms with E-state index in [1.54, 1.807) is 19.0 Å². The lowest BCUT2D eigenvalue weighted by atomic mass is 10.1. The van der Waals surface area contributed by atoms with E-state index in [4.69, 9.17) is 11.6 Å². The summed E-state index contributed by atoms with van der Waals surface area (Å²) in [7, 11) is 3.60. The van der Waals surface area contributed by atoms with Crippen LogP contribution in [0, 0.1) is 0 Å². The molecule has 0 aliphatic carbocycles. The maximum Gasteiger partial charge on any atom is 0.236 e. The summed E-state index contributed by atoms with van der Waals surface area (Å²) in [6.07, 6.45) is 0. The minimum Gasteiger partial charge on any atom is -0.348 e. The third-order valence-electron chi connectivity index (χ3n) is 4.47. The van der Waals surface area contributed by atoms with Gasteiger partial charge in [0.2, 0.25) is 5.91 Å². The largest absolute Gasteiger partial charge is 0.348 e. The lowest BCUT2D eigenvalue weighted by Gasteiger charge is -2.34. The van der Waals surface area contributed by atoms with E-state index in [2.05, 4.69) is 26.9 Å². The molecule has 1 aliphatic heterocycles. The summed E-state index contributed by atoms with van der Waals surface area (Å²) in [5, 5.41) is 1.70. The molecule has 0 atom stereocenters. The number of pyridine rings is 1. The van der Waals surface area contributed by atoms with Gasteiger partial charge in [-0.15, -0.1) is 0 Å². The molecule has 0 radical (unpaired) electrons. The molecule has 0 saturated carbocycles. The Balaban J connectivity index is 1.60. The summed E-state index contributed by atoms with van der Waals surface area (Å²) in [4.78, 5) is 22.5. The van der Waals surface area contributed by atoms with Crippen LogP contribution >= 0.6 is 11.6 Å². The quantitative estimate of drug-likeness (QED) is 0.795. The Labute approximate surface area is 147 Å². The molecule has 1 fully saturated rings. The maximum absolute atomic E-state index is 11.8. The molecule has 6 heteroatoms. The van der Waals surface area contributed by atoms with Crippen LogP contribution in [0.2, 0.25) is 5.15 Å². The van der Waals surface area contributed by atoms with Crippen molar-refractivity contribution in [3.05, 3.63) is 41.0 Å². The summed E-state index contributed by atoms with van der Waals surface area (Å²) in [5.41, 5.74) is 1.99. The van der Waals surface area contributed by atoms with E-state index in [9.17, 15) is 4.79 Å². The third-order valence-corrected chi connectivity index (χ3v) is 4.79. The molecule has 0 unspecified atom stereocenters. The number of benzene rings is 1. The first-order valence-corrected chi connectivity index (χ1v) is 8.60. The molecule has 1 aromatic carbocycles. The molecule has 2 aromatic rings. The molecule has 1 aromatic heterocycles. The van der Waals surface area contributed by atoms with Crippen molar-refractivity contribution < 1.29 is 4.79 Å². The van der Waals surface area contributed by atoms with Gasteiger partial charge in [-0.2, -0.15) is 0 Å². The predicted molar refractivity (Wildman–Crippen MR) is 97.2 cm³/mol. The molecule has 24 heavy (non-hydrogen) atoms. The fraction of sp³-hybridized carbons (Fsp3) is 0.444. The van der Waals surface area contributed by atoms with Gasteiger partial charge in [0.05, 0.1) is 12.1 Å². The highest BCUT2D eigenvalue weighted by Gasteiger charge is 2.20. The lowest BCUT2D eigenvalue weighted by Crippen LogP contribution is -2.48. The first kappa shape index (κ1) is 17.1. The number of piperazine rings is 1. The number of carbonyl (C=O) groups is 1. The highest BCUT2D eigenvalue weighted by atomic mass is 35.5. The van der Waals surface area contributed by atoms with Crippen LogP contribution in [-0.4, -0.2) is 72.4 Å². The molecule has 1 aliphatic rings. The van der Waals surface area contributed by atoms with E-state index in [0.29, 0.717) is 11.7 Å². The van der Waals surface area contributed by atoms with Crippen molar-refractivity contribution in [2.75, 3.05) is 46.8 Å². The van der Waals surface area contributed by atoms with Gasteiger partial charge in [0.25, 0.3) is 0 Å². The highest BCUT2D eigenvalue weighted by molar-refractivity contribution is 6.30. The molecule has 0 spiro atoms. The number of hydrogen-bond donors (Lipinski definition) is 0. The zero-order valence-electron chi connectivity index (χ0n) is 14.2. The van der Waals surface area contributed by atoms with Crippen LogP contribution in [0.4, 0.5) is 0 Å². The van der Waals surface area contributed by atoms with Crippen LogP contribution < -0.4 is 0 Å². The van der Waals surface area contributed by atoms with Gasteiger partial charge in [0, 0.05) is 57.8 Å². The number of hydrogen-bond acceptors (Lipinski definition) is 4. The number of rotatable bonds is 4. The number of fused-ring (bicyclic) bond motifs is 1. The van der Waals surface area contributed by atoms with E-state index in [-0.39, 0.29) is 5.91 Å². The van der Waals surface area contributed by atoms with Crippen molar-refractivity contribution in [2.24, 2.45) is 0 Å². The molecular formula is C18H23ClN4O. The first-order chi connectivity index (χ1) is 11.5. The molecule has 5 nitrogen and oxygen atoms in total. The summed E-state index contributed by atoms with van der Waals surface area (Å²) in [6, 6.07) is 10.2. The minimum atomic E-state index is 0.158. The Morgan fingerprint density at radius 3 is 2.54 bits per heavy atom. The van der Waals surface area contributed by atoms with Gasteiger partial charge in [-0.3, -0.25) is 14.6 Å². The molecule has 0 N–H and O–H groups in total. The van der Waals surface area contributed by atoms with Crippen LogP contribution in [-0.2, 0) is 11.3 Å². The smallest absolute Gasteiger partial charge is 0.236 e. The van der Waals surface area contributed by atoms with E-state index in [1.807, 2.05) is 18.2 Å². The Bertz CT molecular complexity index is 726. The second kappa shape index (κ2) is 7.47. The van der Waals surface area contributed by atoms with Crippen LogP contribution in [0.3, 0.4) is 0 Å². The first-order valence-electron chi connectivity index (χ1n) is 8.22. The Hall–Kier alpha value is -1.69. The maximum atomic E-state index is 11.8. The minimum absolute atomic E-state index is 0.158.